The molecular formula is C9H18N6O3. The van der Waals surface area contributed by atoms with Gasteiger partial charge in [-0.15, -0.1) is 0 Å². The van der Waals surface area contributed by atoms with Gasteiger partial charge in [0.15, 0.2) is 6.79 Å². The molecular weight excluding hydrogens is 240 g/mol. The third-order valence-electron chi connectivity index (χ3n) is 1.94. The molecule has 1 rings (SSSR count). The second-order valence-electron chi connectivity index (χ2n) is 3.38. The fourth-order valence-corrected chi connectivity index (χ4v) is 1.08. The summed E-state index contributed by atoms with van der Waals surface area (Å²) in [4.78, 5) is 16.3. The van der Waals surface area contributed by atoms with E-state index in [2.05, 4.69) is 21.9 Å². The van der Waals surface area contributed by atoms with Crippen molar-refractivity contribution < 1.29 is 14.7 Å². The smallest absolute Gasteiger partial charge is 0.258 e. The molecule has 0 bridgehead atoms. The second-order valence-corrected chi connectivity index (χ2v) is 3.38. The van der Waals surface area contributed by atoms with Crippen LogP contribution in [0.15, 0.2) is 0 Å². The fraction of sp³-hybridized carbons (Fsp3) is 0.667. The van der Waals surface area contributed by atoms with Gasteiger partial charge >= 0.3 is 0 Å². The van der Waals surface area contributed by atoms with Crippen molar-refractivity contribution in [3.05, 3.63) is 0 Å². The summed E-state index contributed by atoms with van der Waals surface area (Å²) in [5.41, 5.74) is 10.8. The predicted octanol–water partition coefficient (Wildman–Crippen LogP) is -0.502. The minimum Gasteiger partial charge on any atom is -0.374 e. The van der Waals surface area contributed by atoms with Crippen LogP contribution in [0, 0.1) is 0 Å². The summed E-state index contributed by atoms with van der Waals surface area (Å²) in [7, 11) is 0. The Kier molecular flexibility index (Phi) is 6.05. The average Bonchev–Trinajstić information content (AvgIpc) is 2.32. The molecule has 0 amide bonds. The van der Waals surface area contributed by atoms with Crippen LogP contribution in [0.4, 0.5) is 17.8 Å². The van der Waals surface area contributed by atoms with Gasteiger partial charge in [-0.3, -0.25) is 0 Å². The number of hydroxylamine groups is 1. The first-order chi connectivity index (χ1) is 8.67. The number of hydrogen-bond acceptors (Lipinski definition) is 9. The summed E-state index contributed by atoms with van der Waals surface area (Å²) >= 11 is 0. The number of hydrogen-bond donors (Lipinski definition) is 3. The second kappa shape index (κ2) is 7.58. The SMILES string of the molecule is CCCCOCON(CO)c1nc(N)nc(N)n1. The van der Waals surface area contributed by atoms with Crippen LogP contribution >= 0.6 is 0 Å². The Morgan fingerprint density at radius 2 is 1.89 bits per heavy atom. The number of nitrogens with two attached hydrogens (primary N) is 2. The van der Waals surface area contributed by atoms with E-state index in [9.17, 15) is 0 Å². The van der Waals surface area contributed by atoms with Gasteiger partial charge in [-0.2, -0.15) is 20.0 Å². The van der Waals surface area contributed by atoms with Crippen LogP contribution in [0.2, 0.25) is 0 Å². The van der Waals surface area contributed by atoms with Crippen molar-refractivity contribution in [1.29, 1.82) is 0 Å². The largest absolute Gasteiger partial charge is 0.374 e. The minimum atomic E-state index is -0.458. The molecule has 0 atom stereocenters. The molecule has 5 N–H and O–H groups in total. The van der Waals surface area contributed by atoms with E-state index < -0.39 is 6.73 Å². The van der Waals surface area contributed by atoms with Gasteiger partial charge in [-0.1, -0.05) is 13.3 Å². The van der Waals surface area contributed by atoms with Gasteiger partial charge in [0, 0.05) is 6.61 Å². The lowest BCUT2D eigenvalue weighted by molar-refractivity contribution is -0.0792. The number of aromatic nitrogens is 3. The van der Waals surface area contributed by atoms with Crippen molar-refractivity contribution >= 4 is 17.8 Å². The van der Waals surface area contributed by atoms with Gasteiger partial charge in [0.2, 0.25) is 11.9 Å². The third kappa shape index (κ3) is 4.65. The standard InChI is InChI=1S/C9H18N6O3/c1-2-3-4-17-6-18-15(5-16)9-13-7(10)12-8(11)14-9/h16H,2-6H2,1H3,(H4,10,11,12,13,14). The minimum absolute atomic E-state index is 0.0218. The van der Waals surface area contributed by atoms with E-state index in [4.69, 9.17) is 26.1 Å². The monoisotopic (exact) mass is 258 g/mol. The molecule has 9 heteroatoms. The Morgan fingerprint density at radius 3 is 2.44 bits per heavy atom. The number of aliphatic hydroxyl groups excluding tert-OH is 1. The molecule has 0 saturated carbocycles. The lowest BCUT2D eigenvalue weighted by Crippen LogP contribution is -2.28. The molecule has 1 aromatic heterocycles. The quantitative estimate of drug-likeness (QED) is 0.320. The molecule has 0 aromatic carbocycles. The first-order valence-corrected chi connectivity index (χ1v) is 5.53. The Balaban J connectivity index is 2.49. The molecule has 0 saturated heterocycles. The third-order valence-corrected chi connectivity index (χ3v) is 1.94. The van der Waals surface area contributed by atoms with Crippen molar-refractivity contribution in [2.75, 3.05) is 36.7 Å². The first-order valence-electron chi connectivity index (χ1n) is 5.53. The maximum atomic E-state index is 9.13. The molecule has 0 aliphatic rings. The number of ether oxygens (including phenoxy) is 1. The van der Waals surface area contributed by atoms with Crippen molar-refractivity contribution in [3.63, 3.8) is 0 Å². The average molecular weight is 258 g/mol. The molecule has 1 heterocycles. The highest BCUT2D eigenvalue weighted by Gasteiger charge is 2.11. The van der Waals surface area contributed by atoms with E-state index in [1.807, 2.05) is 0 Å². The topological polar surface area (TPSA) is 133 Å². The van der Waals surface area contributed by atoms with Gasteiger partial charge in [-0.25, -0.2) is 4.84 Å². The van der Waals surface area contributed by atoms with E-state index in [1.165, 1.54) is 0 Å². The summed E-state index contributed by atoms with van der Waals surface area (Å²) in [6.07, 6.45) is 1.97. The molecule has 0 fully saturated rings. The van der Waals surface area contributed by atoms with Crippen LogP contribution in [0.5, 0.6) is 0 Å². The lowest BCUT2D eigenvalue weighted by Gasteiger charge is -2.18. The van der Waals surface area contributed by atoms with Crippen LogP contribution in [0.3, 0.4) is 0 Å². The van der Waals surface area contributed by atoms with E-state index in [1.54, 1.807) is 0 Å². The van der Waals surface area contributed by atoms with Crippen molar-refractivity contribution in [2.45, 2.75) is 19.8 Å². The summed E-state index contributed by atoms with van der Waals surface area (Å²) < 4.78 is 5.18. The molecule has 0 unspecified atom stereocenters. The van der Waals surface area contributed by atoms with Crippen molar-refractivity contribution in [3.8, 4) is 0 Å². The molecule has 0 radical (unpaired) electrons. The van der Waals surface area contributed by atoms with Gasteiger partial charge in [0.25, 0.3) is 5.95 Å². The van der Waals surface area contributed by atoms with Crippen LogP contribution in [0.25, 0.3) is 0 Å². The van der Waals surface area contributed by atoms with E-state index in [-0.39, 0.29) is 24.6 Å². The number of rotatable bonds is 8. The Bertz CT molecular complexity index is 344. The van der Waals surface area contributed by atoms with Crippen molar-refractivity contribution in [1.82, 2.24) is 15.0 Å². The first kappa shape index (κ1) is 14.4. The molecule has 0 aliphatic carbocycles. The maximum absolute atomic E-state index is 9.13. The van der Waals surface area contributed by atoms with Crippen LogP contribution in [-0.2, 0) is 9.57 Å². The Morgan fingerprint density at radius 1 is 1.22 bits per heavy atom. The number of nitrogens with zero attached hydrogens (tertiary/aromatic N) is 4. The normalized spacial score (nSPS) is 10.6. The summed E-state index contributed by atoms with van der Waals surface area (Å²) in [6.45, 7) is 2.16. The Labute approximate surface area is 105 Å². The highest BCUT2D eigenvalue weighted by molar-refractivity contribution is 5.37. The predicted molar refractivity (Wildman–Crippen MR) is 65.0 cm³/mol. The summed E-state index contributed by atoms with van der Waals surface area (Å²) in [5.74, 6) is -0.0699. The molecule has 0 aliphatic heterocycles. The van der Waals surface area contributed by atoms with Gasteiger partial charge in [-0.05, 0) is 6.42 Å². The zero-order valence-electron chi connectivity index (χ0n) is 10.2. The number of anilines is 3. The van der Waals surface area contributed by atoms with Crippen LogP contribution in [0.1, 0.15) is 19.8 Å². The number of aliphatic hydroxyl groups is 1. The number of unbranched alkanes of at least 4 members (excludes halogenated alkanes) is 1. The van der Waals surface area contributed by atoms with Crippen LogP contribution in [-0.4, -0.2) is 40.2 Å². The molecule has 18 heavy (non-hydrogen) atoms. The van der Waals surface area contributed by atoms with Gasteiger partial charge in [0.1, 0.15) is 6.73 Å². The molecule has 9 nitrogen and oxygen atoms in total. The molecule has 0 spiro atoms. The number of nitrogen functional groups attached to an aromatic ring is 2. The fourth-order valence-electron chi connectivity index (χ4n) is 1.08. The van der Waals surface area contributed by atoms with Gasteiger partial charge in [0.05, 0.1) is 0 Å². The lowest BCUT2D eigenvalue weighted by atomic mass is 10.4. The van der Waals surface area contributed by atoms with E-state index in [0.717, 1.165) is 17.9 Å². The zero-order chi connectivity index (χ0) is 13.4. The molecule has 102 valence electrons. The van der Waals surface area contributed by atoms with E-state index >= 15 is 0 Å². The highest BCUT2D eigenvalue weighted by Crippen LogP contribution is 2.09. The maximum Gasteiger partial charge on any atom is 0.258 e. The summed E-state index contributed by atoms with van der Waals surface area (Å²) in [5, 5.41) is 10.1. The summed E-state index contributed by atoms with van der Waals surface area (Å²) in [6, 6.07) is 0. The Hall–Kier alpha value is -1.71. The van der Waals surface area contributed by atoms with Crippen LogP contribution < -0.4 is 16.5 Å². The van der Waals surface area contributed by atoms with E-state index in [0.29, 0.717) is 6.61 Å². The van der Waals surface area contributed by atoms with Gasteiger partial charge < -0.3 is 21.3 Å². The zero-order valence-corrected chi connectivity index (χ0v) is 10.2. The van der Waals surface area contributed by atoms with Crippen molar-refractivity contribution in [2.24, 2.45) is 0 Å². The molecule has 1 aromatic rings. The highest BCUT2D eigenvalue weighted by atomic mass is 16.8.